The lowest BCUT2D eigenvalue weighted by Gasteiger charge is -2.35. The zero-order chi connectivity index (χ0) is 14.5. The molecule has 110 valence electrons. The summed E-state index contributed by atoms with van der Waals surface area (Å²) in [5.41, 5.74) is 1.26. The number of piperazine rings is 1. The molecule has 0 atom stereocenters. The second kappa shape index (κ2) is 6.49. The number of nitrogens with zero attached hydrogens (tertiary/aromatic N) is 5. The molecule has 0 spiro atoms. The minimum Gasteiger partial charge on any atom is -0.353 e. The third-order valence-corrected chi connectivity index (χ3v) is 3.63. The van der Waals surface area contributed by atoms with Crippen molar-refractivity contribution < 1.29 is 0 Å². The fourth-order valence-corrected chi connectivity index (χ4v) is 2.54. The van der Waals surface area contributed by atoms with E-state index in [4.69, 9.17) is 0 Å². The largest absolute Gasteiger partial charge is 0.353 e. The molecule has 1 fully saturated rings. The van der Waals surface area contributed by atoms with Crippen LogP contribution in [0.5, 0.6) is 0 Å². The summed E-state index contributed by atoms with van der Waals surface area (Å²) >= 11 is 0. The maximum atomic E-state index is 4.49. The first-order valence-electron chi connectivity index (χ1n) is 7.23. The van der Waals surface area contributed by atoms with Gasteiger partial charge in [-0.2, -0.15) is 0 Å². The van der Waals surface area contributed by atoms with Crippen LogP contribution < -0.4 is 15.1 Å². The van der Waals surface area contributed by atoms with Crippen LogP contribution in [0.25, 0.3) is 0 Å². The van der Waals surface area contributed by atoms with Gasteiger partial charge < -0.3 is 15.1 Å². The molecule has 3 heterocycles. The molecule has 1 N–H and O–H groups in total. The number of anilines is 2. The summed E-state index contributed by atoms with van der Waals surface area (Å²) in [6.45, 7) is 4.58. The van der Waals surface area contributed by atoms with Gasteiger partial charge in [0.2, 0.25) is 5.95 Å². The first-order chi connectivity index (χ1) is 10.4. The van der Waals surface area contributed by atoms with E-state index in [1.165, 1.54) is 5.56 Å². The molecule has 21 heavy (non-hydrogen) atoms. The number of rotatable bonds is 4. The average Bonchev–Trinajstić information content (AvgIpc) is 2.56. The zero-order valence-corrected chi connectivity index (χ0v) is 12.2. The molecule has 0 bridgehead atoms. The maximum absolute atomic E-state index is 4.49. The van der Waals surface area contributed by atoms with E-state index < -0.39 is 0 Å². The van der Waals surface area contributed by atoms with Gasteiger partial charge in [0.15, 0.2) is 0 Å². The van der Waals surface area contributed by atoms with Crippen LogP contribution in [0.15, 0.2) is 36.8 Å². The molecule has 0 radical (unpaired) electrons. The lowest BCUT2D eigenvalue weighted by atomic mass is 10.2. The molecule has 0 aromatic carbocycles. The molecular formula is C15H20N6. The van der Waals surface area contributed by atoms with Crippen LogP contribution >= 0.6 is 0 Å². The van der Waals surface area contributed by atoms with Crippen LogP contribution in [0.2, 0.25) is 0 Å². The lowest BCUT2D eigenvalue weighted by Crippen LogP contribution is -2.47. The normalized spacial score (nSPS) is 15.3. The molecule has 2 aromatic rings. The van der Waals surface area contributed by atoms with Crippen molar-refractivity contribution in [3.63, 3.8) is 0 Å². The second-order valence-corrected chi connectivity index (χ2v) is 5.08. The molecule has 2 aromatic heterocycles. The number of hydrogen-bond acceptors (Lipinski definition) is 6. The summed E-state index contributed by atoms with van der Waals surface area (Å²) in [6.07, 6.45) is 5.46. The Bertz CT molecular complexity index is 565. The first-order valence-corrected chi connectivity index (χ1v) is 7.23. The van der Waals surface area contributed by atoms with Crippen molar-refractivity contribution in [1.29, 1.82) is 0 Å². The van der Waals surface area contributed by atoms with E-state index in [1.807, 2.05) is 25.4 Å². The summed E-state index contributed by atoms with van der Waals surface area (Å²) in [6, 6.07) is 6.05. The SMILES string of the molecule is CNCc1ccnc(N2CCN(c3ncccn3)CC2)c1. The summed E-state index contributed by atoms with van der Waals surface area (Å²) in [5, 5.41) is 3.17. The smallest absolute Gasteiger partial charge is 0.225 e. The Hall–Kier alpha value is -2.21. The molecule has 1 aliphatic rings. The molecule has 1 saturated heterocycles. The Balaban J connectivity index is 1.64. The van der Waals surface area contributed by atoms with Crippen LogP contribution in [0, 0.1) is 0 Å². The van der Waals surface area contributed by atoms with Gasteiger partial charge in [-0.3, -0.25) is 0 Å². The van der Waals surface area contributed by atoms with Crippen LogP contribution in [-0.2, 0) is 6.54 Å². The Kier molecular flexibility index (Phi) is 4.25. The van der Waals surface area contributed by atoms with Gasteiger partial charge in [-0.1, -0.05) is 0 Å². The summed E-state index contributed by atoms with van der Waals surface area (Å²) < 4.78 is 0. The number of aromatic nitrogens is 3. The van der Waals surface area contributed by atoms with E-state index in [0.29, 0.717) is 0 Å². The first kappa shape index (κ1) is 13.8. The van der Waals surface area contributed by atoms with Crippen LogP contribution in [-0.4, -0.2) is 48.2 Å². The van der Waals surface area contributed by atoms with Gasteiger partial charge in [0.1, 0.15) is 5.82 Å². The molecule has 3 rings (SSSR count). The monoisotopic (exact) mass is 284 g/mol. The van der Waals surface area contributed by atoms with Gasteiger partial charge in [-0.05, 0) is 30.8 Å². The van der Waals surface area contributed by atoms with Gasteiger partial charge in [-0.25, -0.2) is 15.0 Å². The Morgan fingerprint density at radius 3 is 2.43 bits per heavy atom. The van der Waals surface area contributed by atoms with Crippen molar-refractivity contribution in [1.82, 2.24) is 20.3 Å². The molecule has 0 aliphatic carbocycles. The highest BCUT2D eigenvalue weighted by Gasteiger charge is 2.19. The molecule has 1 aliphatic heterocycles. The summed E-state index contributed by atoms with van der Waals surface area (Å²) in [4.78, 5) is 17.6. The van der Waals surface area contributed by atoms with Crippen molar-refractivity contribution in [2.45, 2.75) is 6.54 Å². The Labute approximate surface area is 124 Å². The van der Waals surface area contributed by atoms with Gasteiger partial charge in [0.05, 0.1) is 0 Å². The quantitative estimate of drug-likeness (QED) is 0.901. The Morgan fingerprint density at radius 2 is 1.71 bits per heavy atom. The molecule has 0 unspecified atom stereocenters. The van der Waals surface area contributed by atoms with Gasteiger partial charge >= 0.3 is 0 Å². The van der Waals surface area contributed by atoms with Gasteiger partial charge in [0.25, 0.3) is 0 Å². The van der Waals surface area contributed by atoms with E-state index in [0.717, 1.165) is 44.5 Å². The Morgan fingerprint density at radius 1 is 1.00 bits per heavy atom. The standard InChI is InChI=1S/C15H20N6/c1-16-12-13-3-6-17-14(11-13)20-7-9-21(10-8-20)15-18-4-2-5-19-15/h2-6,11,16H,7-10,12H2,1H3. The second-order valence-electron chi connectivity index (χ2n) is 5.08. The predicted molar refractivity (Wildman–Crippen MR) is 83.5 cm³/mol. The van der Waals surface area contributed by atoms with Crippen LogP contribution in [0.4, 0.5) is 11.8 Å². The van der Waals surface area contributed by atoms with Crippen LogP contribution in [0.3, 0.4) is 0 Å². The van der Waals surface area contributed by atoms with Gasteiger partial charge in [0, 0.05) is 51.3 Å². The van der Waals surface area contributed by atoms with Crippen molar-refractivity contribution in [3.8, 4) is 0 Å². The van der Waals surface area contributed by atoms with Crippen molar-refractivity contribution in [2.75, 3.05) is 43.0 Å². The third kappa shape index (κ3) is 3.28. The van der Waals surface area contributed by atoms with Crippen molar-refractivity contribution in [3.05, 3.63) is 42.4 Å². The molecule has 6 nitrogen and oxygen atoms in total. The average molecular weight is 284 g/mol. The number of hydrogen-bond donors (Lipinski definition) is 1. The predicted octanol–water partition coefficient (Wildman–Crippen LogP) is 0.918. The fourth-order valence-electron chi connectivity index (χ4n) is 2.54. The van der Waals surface area contributed by atoms with E-state index >= 15 is 0 Å². The highest BCUT2D eigenvalue weighted by Crippen LogP contribution is 2.17. The molecule has 0 saturated carbocycles. The lowest BCUT2D eigenvalue weighted by molar-refractivity contribution is 0.634. The highest BCUT2D eigenvalue weighted by atomic mass is 15.3. The molecular weight excluding hydrogens is 264 g/mol. The zero-order valence-electron chi connectivity index (χ0n) is 12.2. The van der Waals surface area contributed by atoms with Gasteiger partial charge in [-0.15, -0.1) is 0 Å². The van der Waals surface area contributed by atoms with Crippen LogP contribution in [0.1, 0.15) is 5.56 Å². The van der Waals surface area contributed by atoms with Crippen molar-refractivity contribution in [2.24, 2.45) is 0 Å². The number of pyridine rings is 1. The minimum atomic E-state index is 0.814. The maximum Gasteiger partial charge on any atom is 0.225 e. The molecule has 0 amide bonds. The molecule has 6 heteroatoms. The third-order valence-electron chi connectivity index (χ3n) is 3.63. The van der Waals surface area contributed by atoms with E-state index in [1.54, 1.807) is 12.4 Å². The minimum absolute atomic E-state index is 0.814. The van der Waals surface area contributed by atoms with E-state index in [9.17, 15) is 0 Å². The van der Waals surface area contributed by atoms with Crippen molar-refractivity contribution >= 4 is 11.8 Å². The van der Waals surface area contributed by atoms with E-state index in [2.05, 4.69) is 36.1 Å². The highest BCUT2D eigenvalue weighted by molar-refractivity contribution is 5.44. The summed E-state index contributed by atoms with van der Waals surface area (Å²) in [7, 11) is 1.96. The number of nitrogens with one attached hydrogen (secondary N) is 1. The fraction of sp³-hybridized carbons (Fsp3) is 0.400. The summed E-state index contributed by atoms with van der Waals surface area (Å²) in [5.74, 6) is 1.87. The topological polar surface area (TPSA) is 57.2 Å². The van der Waals surface area contributed by atoms with E-state index in [-0.39, 0.29) is 0 Å².